The third-order valence-electron chi connectivity index (χ3n) is 3.87. The van der Waals surface area contributed by atoms with E-state index in [1.165, 1.54) is 11.6 Å². The third kappa shape index (κ3) is 2.89. The second-order valence-corrected chi connectivity index (χ2v) is 5.31. The van der Waals surface area contributed by atoms with Crippen LogP contribution in [0, 0.1) is 0 Å². The lowest BCUT2D eigenvalue weighted by Crippen LogP contribution is -2.15. The van der Waals surface area contributed by atoms with E-state index in [0.717, 1.165) is 36.7 Å². The Morgan fingerprint density at radius 3 is 2.52 bits per heavy atom. The average Bonchev–Trinajstić information content (AvgIpc) is 2.47. The molecule has 0 saturated heterocycles. The molecule has 1 nitrogen and oxygen atoms in total. The monoisotopic (exact) mass is 291 g/mol. The number of hydrogen-bond donors (Lipinski definition) is 1. The Hall–Kier alpha value is -1.97. The van der Waals surface area contributed by atoms with Crippen LogP contribution in [0.5, 0.6) is 0 Å². The Balaban J connectivity index is 1.99. The van der Waals surface area contributed by atoms with Crippen LogP contribution in [0.3, 0.4) is 0 Å². The Labute approximate surface area is 121 Å². The first-order chi connectivity index (χ1) is 10.1. The molecular weight excluding hydrogens is 275 g/mol. The highest BCUT2D eigenvalue weighted by atomic mass is 19.4. The molecule has 1 N–H and O–H groups in total. The predicted molar refractivity (Wildman–Crippen MR) is 77.5 cm³/mol. The van der Waals surface area contributed by atoms with Crippen LogP contribution in [0.1, 0.15) is 28.7 Å². The molecule has 3 rings (SSSR count). The number of para-hydroxylation sites is 1. The minimum atomic E-state index is -4.31. The summed E-state index contributed by atoms with van der Waals surface area (Å²) in [6, 6.07) is 11.7. The lowest BCUT2D eigenvalue weighted by molar-refractivity contribution is -0.138. The van der Waals surface area contributed by atoms with Gasteiger partial charge in [0.1, 0.15) is 0 Å². The van der Waals surface area contributed by atoms with Crippen molar-refractivity contribution in [2.75, 3.05) is 11.9 Å². The van der Waals surface area contributed by atoms with Crippen LogP contribution in [0.15, 0.2) is 42.5 Å². The normalized spacial score (nSPS) is 14.4. The standard InChI is InChI=1S/C17H16F3N/c18-17(19,20)15-9-2-1-5-13(15)11-14-7-3-6-12-8-4-10-21-16(12)14/h1-3,5-7,9,21H,4,8,10-11H2. The highest BCUT2D eigenvalue weighted by Gasteiger charge is 2.33. The number of fused-ring (bicyclic) bond motifs is 1. The largest absolute Gasteiger partial charge is 0.416 e. The average molecular weight is 291 g/mol. The third-order valence-corrected chi connectivity index (χ3v) is 3.87. The fourth-order valence-electron chi connectivity index (χ4n) is 2.88. The lowest BCUT2D eigenvalue weighted by Gasteiger charge is -2.22. The summed E-state index contributed by atoms with van der Waals surface area (Å²) in [6.07, 6.45) is -1.96. The van der Waals surface area contributed by atoms with E-state index in [9.17, 15) is 13.2 Å². The van der Waals surface area contributed by atoms with Gasteiger partial charge >= 0.3 is 6.18 Å². The smallest absolute Gasteiger partial charge is 0.385 e. The van der Waals surface area contributed by atoms with Crippen LogP contribution in [0.25, 0.3) is 0 Å². The SMILES string of the molecule is FC(F)(F)c1ccccc1Cc1cccc2c1NCCC2. The molecule has 0 aromatic heterocycles. The first-order valence-corrected chi connectivity index (χ1v) is 7.05. The minimum Gasteiger partial charge on any atom is -0.385 e. The van der Waals surface area contributed by atoms with E-state index in [1.807, 2.05) is 18.2 Å². The maximum Gasteiger partial charge on any atom is 0.416 e. The zero-order chi connectivity index (χ0) is 14.9. The molecule has 2 aromatic carbocycles. The summed E-state index contributed by atoms with van der Waals surface area (Å²) in [6.45, 7) is 0.880. The number of halogens is 3. The van der Waals surface area contributed by atoms with E-state index in [-0.39, 0.29) is 0 Å². The molecule has 0 bridgehead atoms. The van der Waals surface area contributed by atoms with Crippen molar-refractivity contribution in [3.63, 3.8) is 0 Å². The van der Waals surface area contributed by atoms with Gasteiger partial charge in [-0.25, -0.2) is 0 Å². The fourth-order valence-corrected chi connectivity index (χ4v) is 2.88. The van der Waals surface area contributed by atoms with E-state index in [4.69, 9.17) is 0 Å². The predicted octanol–water partition coefficient (Wildman–Crippen LogP) is 4.65. The molecule has 0 saturated carbocycles. The summed E-state index contributed by atoms with van der Waals surface area (Å²) in [5.41, 5.74) is 2.93. The minimum absolute atomic E-state index is 0.297. The fraction of sp³-hybridized carbons (Fsp3) is 0.294. The highest BCUT2D eigenvalue weighted by Crippen LogP contribution is 2.34. The molecule has 0 spiro atoms. The first-order valence-electron chi connectivity index (χ1n) is 7.05. The molecule has 1 heterocycles. The van der Waals surface area contributed by atoms with Gasteiger partial charge in [0.05, 0.1) is 5.56 Å². The van der Waals surface area contributed by atoms with Crippen LogP contribution in [0.2, 0.25) is 0 Å². The van der Waals surface area contributed by atoms with Crippen molar-refractivity contribution in [3.8, 4) is 0 Å². The van der Waals surface area contributed by atoms with Crippen molar-refractivity contribution in [1.29, 1.82) is 0 Å². The van der Waals surface area contributed by atoms with Crippen molar-refractivity contribution in [2.24, 2.45) is 0 Å². The van der Waals surface area contributed by atoms with E-state index in [1.54, 1.807) is 12.1 Å². The summed E-state index contributed by atoms with van der Waals surface area (Å²) in [5.74, 6) is 0. The second kappa shape index (κ2) is 5.43. The maximum absolute atomic E-state index is 13.1. The highest BCUT2D eigenvalue weighted by molar-refractivity contribution is 5.60. The van der Waals surface area contributed by atoms with Gasteiger partial charge in [0.15, 0.2) is 0 Å². The quantitative estimate of drug-likeness (QED) is 0.849. The first kappa shape index (κ1) is 14.0. The Morgan fingerprint density at radius 2 is 1.71 bits per heavy atom. The van der Waals surface area contributed by atoms with Gasteiger partial charge in [-0.05, 0) is 35.6 Å². The molecular formula is C17H16F3N. The maximum atomic E-state index is 13.1. The molecule has 0 atom stereocenters. The van der Waals surface area contributed by atoms with Gasteiger partial charge in [0.2, 0.25) is 0 Å². The van der Waals surface area contributed by atoms with Crippen molar-refractivity contribution in [3.05, 3.63) is 64.7 Å². The van der Waals surface area contributed by atoms with Crippen molar-refractivity contribution < 1.29 is 13.2 Å². The number of anilines is 1. The summed E-state index contributed by atoms with van der Waals surface area (Å²) in [4.78, 5) is 0. The molecule has 2 aromatic rings. The molecule has 1 aliphatic heterocycles. The Morgan fingerprint density at radius 1 is 0.952 bits per heavy atom. The van der Waals surface area contributed by atoms with Gasteiger partial charge in [0, 0.05) is 18.7 Å². The molecule has 0 amide bonds. The van der Waals surface area contributed by atoms with Crippen LogP contribution >= 0.6 is 0 Å². The number of alkyl halides is 3. The van der Waals surface area contributed by atoms with Gasteiger partial charge in [-0.15, -0.1) is 0 Å². The van der Waals surface area contributed by atoms with Gasteiger partial charge in [-0.2, -0.15) is 13.2 Å². The number of benzene rings is 2. The van der Waals surface area contributed by atoms with Crippen molar-refractivity contribution >= 4 is 5.69 Å². The summed E-state index contributed by atoms with van der Waals surface area (Å²) in [5, 5.41) is 3.33. The van der Waals surface area contributed by atoms with E-state index < -0.39 is 11.7 Å². The summed E-state index contributed by atoms with van der Waals surface area (Å²) < 4.78 is 39.2. The van der Waals surface area contributed by atoms with Gasteiger partial charge in [-0.3, -0.25) is 0 Å². The summed E-state index contributed by atoms with van der Waals surface area (Å²) in [7, 11) is 0. The zero-order valence-corrected chi connectivity index (χ0v) is 11.5. The Kier molecular flexibility index (Phi) is 3.62. The van der Waals surface area contributed by atoms with E-state index >= 15 is 0 Å². The molecule has 4 heteroatoms. The van der Waals surface area contributed by atoms with Gasteiger partial charge in [0.25, 0.3) is 0 Å². The molecule has 110 valence electrons. The number of rotatable bonds is 2. The number of aryl methyl sites for hydroxylation is 1. The molecule has 0 radical (unpaired) electrons. The molecule has 21 heavy (non-hydrogen) atoms. The molecule has 0 fully saturated rings. The van der Waals surface area contributed by atoms with Gasteiger partial charge < -0.3 is 5.32 Å². The number of hydrogen-bond acceptors (Lipinski definition) is 1. The van der Waals surface area contributed by atoms with Crippen molar-refractivity contribution in [2.45, 2.75) is 25.4 Å². The number of nitrogens with one attached hydrogen (secondary N) is 1. The topological polar surface area (TPSA) is 12.0 Å². The van der Waals surface area contributed by atoms with Crippen LogP contribution in [-0.4, -0.2) is 6.54 Å². The molecule has 0 aliphatic carbocycles. The van der Waals surface area contributed by atoms with E-state index in [2.05, 4.69) is 5.32 Å². The van der Waals surface area contributed by atoms with E-state index in [0.29, 0.717) is 12.0 Å². The molecule has 0 unspecified atom stereocenters. The van der Waals surface area contributed by atoms with Crippen molar-refractivity contribution in [1.82, 2.24) is 0 Å². The molecule has 1 aliphatic rings. The zero-order valence-electron chi connectivity index (χ0n) is 11.5. The second-order valence-electron chi connectivity index (χ2n) is 5.31. The van der Waals surface area contributed by atoms with Crippen LogP contribution < -0.4 is 5.32 Å². The Bertz CT molecular complexity index is 647. The van der Waals surface area contributed by atoms with Crippen LogP contribution in [-0.2, 0) is 19.0 Å². The van der Waals surface area contributed by atoms with Gasteiger partial charge in [-0.1, -0.05) is 36.4 Å². The van der Waals surface area contributed by atoms with Crippen LogP contribution in [0.4, 0.5) is 18.9 Å². The lowest BCUT2D eigenvalue weighted by atomic mass is 9.93. The summed E-state index contributed by atoms with van der Waals surface area (Å²) >= 11 is 0.